The van der Waals surface area contributed by atoms with Crippen molar-refractivity contribution >= 4 is 0 Å². The molecule has 184 valence electrons. The van der Waals surface area contributed by atoms with Crippen LogP contribution in [0.4, 0.5) is 0 Å². The Balaban J connectivity index is 1.54. The van der Waals surface area contributed by atoms with Crippen LogP contribution in [-0.2, 0) is 0 Å². The Bertz CT molecular complexity index is 765. The molecule has 0 bridgehead atoms. The van der Waals surface area contributed by atoms with E-state index in [1.54, 1.807) is 0 Å². The molecule has 6 unspecified atom stereocenters. The molecule has 0 aromatic heterocycles. The van der Waals surface area contributed by atoms with E-state index in [0.29, 0.717) is 28.6 Å². The highest BCUT2D eigenvalue weighted by Gasteiger charge is 2.72. The van der Waals surface area contributed by atoms with E-state index >= 15 is 0 Å². The van der Waals surface area contributed by atoms with Crippen LogP contribution in [0, 0.1) is 56.7 Å². The predicted molar refractivity (Wildman–Crippen MR) is 132 cm³/mol. The van der Waals surface area contributed by atoms with Gasteiger partial charge in [0.25, 0.3) is 0 Å². The lowest BCUT2D eigenvalue weighted by molar-refractivity contribution is -0.268. The van der Waals surface area contributed by atoms with Gasteiger partial charge < -0.3 is 10.2 Å². The first kappa shape index (κ1) is 23.7. The summed E-state index contributed by atoms with van der Waals surface area (Å²) < 4.78 is 0. The Hall–Kier alpha value is -0.0800. The van der Waals surface area contributed by atoms with Crippen molar-refractivity contribution in [1.82, 2.24) is 0 Å². The van der Waals surface area contributed by atoms with Crippen molar-refractivity contribution in [2.45, 2.75) is 131 Å². The maximum atomic E-state index is 11.8. The van der Waals surface area contributed by atoms with Crippen molar-refractivity contribution in [3.63, 3.8) is 0 Å². The number of hydrogen-bond acceptors (Lipinski definition) is 2. The number of rotatable bonds is 1. The van der Waals surface area contributed by atoms with Gasteiger partial charge in [-0.15, -0.1) is 0 Å². The smallest absolute Gasteiger partial charge is 0.0622 e. The lowest BCUT2D eigenvalue weighted by Crippen LogP contribution is -2.68. The third-order valence-electron chi connectivity index (χ3n) is 13.5. The van der Waals surface area contributed by atoms with Crippen molar-refractivity contribution < 1.29 is 10.2 Å². The molecule has 5 rings (SSSR count). The van der Waals surface area contributed by atoms with Gasteiger partial charge in [-0.25, -0.2) is 0 Å². The summed E-state index contributed by atoms with van der Waals surface area (Å²) in [6, 6.07) is 0. The van der Waals surface area contributed by atoms with Gasteiger partial charge in [-0.05, 0) is 128 Å². The van der Waals surface area contributed by atoms with Crippen molar-refractivity contribution in [2.24, 2.45) is 56.7 Å². The van der Waals surface area contributed by atoms with Gasteiger partial charge in [0, 0.05) is 0 Å². The Morgan fingerprint density at radius 3 is 1.97 bits per heavy atom. The van der Waals surface area contributed by atoms with Gasteiger partial charge >= 0.3 is 0 Å². The average molecular weight is 445 g/mol. The lowest BCUT2D eigenvalue weighted by Gasteiger charge is -2.73. The van der Waals surface area contributed by atoms with Crippen molar-refractivity contribution in [1.29, 1.82) is 0 Å². The second-order valence-electron chi connectivity index (χ2n) is 15.6. The van der Waals surface area contributed by atoms with Crippen LogP contribution in [0.3, 0.4) is 0 Å². The maximum Gasteiger partial charge on any atom is 0.0622 e. The van der Waals surface area contributed by atoms with Crippen LogP contribution in [0.25, 0.3) is 0 Å². The number of fused-ring (bicyclic) bond motifs is 7. The zero-order chi connectivity index (χ0) is 23.5. The van der Waals surface area contributed by atoms with E-state index in [9.17, 15) is 10.2 Å². The van der Waals surface area contributed by atoms with E-state index in [-0.39, 0.29) is 22.3 Å². The highest BCUT2D eigenvalue weighted by Crippen LogP contribution is 2.78. The molecule has 2 heteroatoms. The van der Waals surface area contributed by atoms with E-state index in [0.717, 1.165) is 18.3 Å². The topological polar surface area (TPSA) is 40.5 Å². The van der Waals surface area contributed by atoms with Crippen molar-refractivity contribution in [2.75, 3.05) is 0 Å². The van der Waals surface area contributed by atoms with Crippen LogP contribution in [0.15, 0.2) is 0 Å². The first-order chi connectivity index (χ1) is 14.6. The molecule has 0 aromatic carbocycles. The largest absolute Gasteiger partial charge is 0.393 e. The fourth-order valence-corrected chi connectivity index (χ4v) is 12.3. The van der Waals surface area contributed by atoms with Crippen LogP contribution in [0.2, 0.25) is 0 Å². The fourth-order valence-electron chi connectivity index (χ4n) is 12.3. The maximum absolute atomic E-state index is 11.8. The Morgan fingerprint density at radius 1 is 0.719 bits per heavy atom. The minimum atomic E-state index is -0.563. The second kappa shape index (κ2) is 6.77. The molecule has 32 heavy (non-hydrogen) atoms. The van der Waals surface area contributed by atoms with Crippen LogP contribution < -0.4 is 0 Å². The van der Waals surface area contributed by atoms with Crippen LogP contribution in [0.5, 0.6) is 0 Å². The summed E-state index contributed by atoms with van der Waals surface area (Å²) in [6.07, 6.45) is 12.5. The number of aliphatic hydroxyl groups is 2. The van der Waals surface area contributed by atoms with E-state index in [4.69, 9.17) is 0 Å². The third-order valence-corrected chi connectivity index (χ3v) is 13.5. The molecule has 5 aliphatic carbocycles. The third kappa shape index (κ3) is 2.78. The van der Waals surface area contributed by atoms with E-state index < -0.39 is 5.60 Å². The average Bonchev–Trinajstić information content (AvgIpc) is 2.98. The molecule has 5 fully saturated rings. The predicted octanol–water partition coefficient (Wildman–Crippen LogP) is 7.22. The second-order valence-corrected chi connectivity index (χ2v) is 15.6. The van der Waals surface area contributed by atoms with Crippen molar-refractivity contribution in [3.8, 4) is 0 Å². The Kier molecular flexibility index (Phi) is 5.01. The Morgan fingerprint density at radius 2 is 1.34 bits per heavy atom. The number of hydrogen-bond donors (Lipinski definition) is 2. The molecule has 2 nitrogen and oxygen atoms in total. The van der Waals surface area contributed by atoms with Gasteiger partial charge in [0.1, 0.15) is 0 Å². The SMILES string of the molecule is CC(C)(O)C1CC[C@@]2(C)C1CC[C@]1(C)C2CCC2[C@@]3(C)CCCC(C)(C)C3C(O)C[C@]21C. The summed E-state index contributed by atoms with van der Waals surface area (Å²) in [5.41, 5.74) is 0.819. The van der Waals surface area contributed by atoms with Crippen LogP contribution >= 0.6 is 0 Å². The number of aliphatic hydroxyl groups excluding tert-OH is 1. The summed E-state index contributed by atoms with van der Waals surface area (Å²) in [5.74, 6) is 3.01. The molecule has 2 N–H and O–H groups in total. The van der Waals surface area contributed by atoms with Gasteiger partial charge in [-0.2, -0.15) is 0 Å². The standard InChI is InChI=1S/C30H52O2/c1-25(2)14-9-15-28(6)23-11-10-22-27(5)16-12-19(26(3,4)32)20(27)13-17-29(22,7)30(23,8)18-21(31)24(25)28/h19-24,31-32H,9-18H2,1-8H3/t19?,20?,21?,22?,23?,24?,27-,28+,29+,30+/m0/s1. The minimum Gasteiger partial charge on any atom is -0.393 e. The molecule has 0 amide bonds. The van der Waals surface area contributed by atoms with Gasteiger partial charge in [-0.3, -0.25) is 0 Å². The molecular weight excluding hydrogens is 392 g/mol. The quantitative estimate of drug-likeness (QED) is 0.448. The summed E-state index contributed by atoms with van der Waals surface area (Å²) >= 11 is 0. The highest BCUT2D eigenvalue weighted by atomic mass is 16.3. The summed E-state index contributed by atoms with van der Waals surface area (Å²) in [7, 11) is 0. The highest BCUT2D eigenvalue weighted by molar-refractivity contribution is 5.20. The van der Waals surface area contributed by atoms with E-state index in [1.807, 2.05) is 0 Å². The van der Waals surface area contributed by atoms with Crippen LogP contribution in [-0.4, -0.2) is 21.9 Å². The zero-order valence-corrected chi connectivity index (χ0v) is 22.4. The molecule has 0 radical (unpaired) electrons. The molecule has 0 aromatic rings. The monoisotopic (exact) mass is 444 g/mol. The van der Waals surface area contributed by atoms with Crippen LogP contribution in [0.1, 0.15) is 120 Å². The minimum absolute atomic E-state index is 0.162. The normalized spacial score (nSPS) is 57.2. The molecular formula is C30H52O2. The van der Waals surface area contributed by atoms with E-state index in [1.165, 1.54) is 57.8 Å². The summed E-state index contributed by atoms with van der Waals surface area (Å²) in [6.45, 7) is 19.4. The fraction of sp³-hybridized carbons (Fsp3) is 1.00. The first-order valence-electron chi connectivity index (χ1n) is 14.0. The summed E-state index contributed by atoms with van der Waals surface area (Å²) in [5, 5.41) is 22.8. The lowest BCUT2D eigenvalue weighted by atomic mass is 9.31. The summed E-state index contributed by atoms with van der Waals surface area (Å²) in [4.78, 5) is 0. The molecule has 5 aliphatic rings. The molecule has 0 heterocycles. The Labute approximate surface area is 198 Å². The molecule has 0 saturated heterocycles. The van der Waals surface area contributed by atoms with Gasteiger partial charge in [0.15, 0.2) is 0 Å². The first-order valence-corrected chi connectivity index (χ1v) is 14.0. The zero-order valence-electron chi connectivity index (χ0n) is 22.4. The van der Waals surface area contributed by atoms with Gasteiger partial charge in [0.05, 0.1) is 11.7 Å². The van der Waals surface area contributed by atoms with Gasteiger partial charge in [-0.1, -0.05) is 48.0 Å². The molecule has 10 atom stereocenters. The molecule has 0 aliphatic heterocycles. The van der Waals surface area contributed by atoms with Gasteiger partial charge in [0.2, 0.25) is 0 Å². The van der Waals surface area contributed by atoms with Crippen molar-refractivity contribution in [3.05, 3.63) is 0 Å². The molecule has 0 spiro atoms. The van der Waals surface area contributed by atoms with E-state index in [2.05, 4.69) is 55.4 Å². The molecule has 5 saturated carbocycles.